The number of rotatable bonds is 7. The van der Waals surface area contributed by atoms with E-state index < -0.39 is 106 Å². The van der Waals surface area contributed by atoms with Gasteiger partial charge < -0.3 is 98.2 Å². The van der Waals surface area contributed by atoms with Crippen molar-refractivity contribution in [2.24, 2.45) is 17.2 Å². The van der Waals surface area contributed by atoms with Crippen molar-refractivity contribution in [3.63, 3.8) is 0 Å². The van der Waals surface area contributed by atoms with E-state index in [1.165, 1.54) is 0 Å². The fraction of sp³-hybridized carbons (Fsp3) is 0.944. The van der Waals surface area contributed by atoms with Gasteiger partial charge in [0.1, 0.15) is 42.9 Å². The SMILES string of the molecule is N[C@H]1[C@@H](OC2[C@@H](CO)O[C@@H](OC3[C@@H](CO)O[C@@H](O)[C@H](N)[C@H]3O)[C@H](N)[C@H]2O)O[C-](CO)[C@@H](O)[C@@H]1O.[Fe+4].[OH-].[OH-].[OH-]. The summed E-state index contributed by atoms with van der Waals surface area (Å²) in [6.07, 6.45) is -16.1. The molecule has 0 aromatic heterocycles. The summed E-state index contributed by atoms with van der Waals surface area (Å²) in [5, 5.41) is 79.5. The molecule has 228 valence electrons. The van der Waals surface area contributed by atoms with Gasteiger partial charge in [0.05, 0.1) is 37.4 Å². The van der Waals surface area contributed by atoms with E-state index in [0.29, 0.717) is 0 Å². The number of ether oxygens (including phenoxy) is 5. The van der Waals surface area contributed by atoms with Crippen molar-refractivity contribution in [3.8, 4) is 0 Å². The number of aliphatic hydroxyl groups excluding tert-OH is 8. The first kappa shape index (κ1) is 39.9. The second-order valence-corrected chi connectivity index (χ2v) is 8.43. The molecule has 38 heavy (non-hydrogen) atoms. The number of nitrogens with two attached hydrogens (primary N) is 3. The molecule has 17 N–H and O–H groups in total. The summed E-state index contributed by atoms with van der Waals surface area (Å²) >= 11 is 0. The summed E-state index contributed by atoms with van der Waals surface area (Å²) in [6, 6.07) is -3.90. The molecule has 20 heteroatoms. The molecule has 3 aliphatic heterocycles. The molecule has 3 heterocycles. The molecular weight excluding hydrogens is 570 g/mol. The summed E-state index contributed by atoms with van der Waals surface area (Å²) in [4.78, 5) is 0. The Bertz CT molecular complexity index is 657. The van der Waals surface area contributed by atoms with Gasteiger partial charge >= 0.3 is 17.1 Å². The van der Waals surface area contributed by atoms with Crippen LogP contribution >= 0.6 is 0 Å². The van der Waals surface area contributed by atoms with Crippen LogP contribution < -0.4 is 17.2 Å². The molecule has 3 aliphatic rings. The molecule has 3 saturated heterocycles. The van der Waals surface area contributed by atoms with E-state index in [-0.39, 0.29) is 39.6 Å². The number of hydrogen-bond acceptors (Lipinski definition) is 19. The van der Waals surface area contributed by atoms with E-state index >= 15 is 0 Å². The van der Waals surface area contributed by atoms with Crippen LogP contribution in [0.4, 0.5) is 0 Å². The van der Waals surface area contributed by atoms with Crippen molar-refractivity contribution in [3.05, 3.63) is 6.10 Å². The molecule has 3 rings (SSSR count). The Labute approximate surface area is 227 Å². The minimum absolute atomic E-state index is 0. The summed E-state index contributed by atoms with van der Waals surface area (Å²) in [6.45, 7) is -2.09. The van der Waals surface area contributed by atoms with Crippen molar-refractivity contribution < 1.29 is 98.0 Å². The van der Waals surface area contributed by atoms with Crippen LogP contribution in [0.1, 0.15) is 0 Å². The van der Waals surface area contributed by atoms with Crippen molar-refractivity contribution >= 4 is 0 Å². The standard InChI is InChI=1S/C18H34N3O13.Fe.3H2O/c19-7-12(27)14(5(2-23)30-16(7)29)33-18-9(21)13(28)15(6(3-24)32-18)34-17-8(20)11(26)10(25)4(1-22)31-17;;;;/h5-18,22-29H,1-3,19-21H2;;3*1H2/q-1;+4;;;/p-3/t5-,6-,7-,8-,9-,10-,11-,12-,13-,14?,15?,16-,17-,18+;;;;/m1..../s1. The monoisotopic (exact) mass is 607 g/mol. The van der Waals surface area contributed by atoms with Crippen molar-refractivity contribution in [1.82, 2.24) is 0 Å². The van der Waals surface area contributed by atoms with Crippen LogP contribution in [0.3, 0.4) is 0 Å². The second kappa shape index (κ2) is 16.9. The smallest absolute Gasteiger partial charge is 0.870 e. The van der Waals surface area contributed by atoms with Gasteiger partial charge in [-0.3, -0.25) is 0 Å². The van der Waals surface area contributed by atoms with Gasteiger partial charge in [0, 0.05) is 0 Å². The quantitative estimate of drug-likeness (QED) is 0.0945. The molecular formula is C18H37FeN3O16. The predicted octanol–water partition coefficient (Wildman–Crippen LogP) is -8.04. The molecule has 14 atom stereocenters. The molecule has 3 fully saturated rings. The van der Waals surface area contributed by atoms with E-state index in [2.05, 4.69) is 0 Å². The van der Waals surface area contributed by atoms with Crippen molar-refractivity contribution in [1.29, 1.82) is 0 Å². The van der Waals surface area contributed by atoms with Gasteiger partial charge in [0.25, 0.3) is 0 Å². The van der Waals surface area contributed by atoms with Gasteiger partial charge in [0.15, 0.2) is 12.6 Å². The molecule has 0 bridgehead atoms. The first-order valence-corrected chi connectivity index (χ1v) is 10.7. The largest absolute Gasteiger partial charge is 4.00 e. The zero-order valence-corrected chi connectivity index (χ0v) is 20.9. The molecule has 0 saturated carbocycles. The number of hydrogen-bond donors (Lipinski definition) is 11. The molecule has 0 amide bonds. The Kier molecular flexibility index (Phi) is 17.7. The van der Waals surface area contributed by atoms with Gasteiger partial charge in [0.2, 0.25) is 0 Å². The molecule has 2 unspecified atom stereocenters. The van der Waals surface area contributed by atoms with Crippen molar-refractivity contribution in [2.75, 3.05) is 19.8 Å². The Morgan fingerprint density at radius 3 is 1.61 bits per heavy atom. The number of aliphatic hydroxyl groups is 8. The first-order chi connectivity index (χ1) is 16.0. The van der Waals surface area contributed by atoms with Crippen LogP contribution in [0, 0.1) is 6.10 Å². The summed E-state index contributed by atoms with van der Waals surface area (Å²) in [5.74, 6) is 0. The Morgan fingerprint density at radius 1 is 0.658 bits per heavy atom. The van der Waals surface area contributed by atoms with Crippen LogP contribution in [0.25, 0.3) is 0 Å². The van der Waals surface area contributed by atoms with Crippen LogP contribution in [-0.4, -0.2) is 163 Å². The van der Waals surface area contributed by atoms with Crippen LogP contribution in [-0.2, 0) is 40.8 Å². The van der Waals surface area contributed by atoms with E-state index in [0.717, 1.165) is 0 Å². The average Bonchev–Trinajstić information content (AvgIpc) is 2.83. The third kappa shape index (κ3) is 7.94. The predicted molar refractivity (Wildman–Crippen MR) is 112 cm³/mol. The molecule has 0 aromatic carbocycles. The zero-order valence-electron chi connectivity index (χ0n) is 19.8. The van der Waals surface area contributed by atoms with Crippen molar-refractivity contribution in [2.45, 2.75) is 85.8 Å². The summed E-state index contributed by atoms with van der Waals surface area (Å²) < 4.78 is 27.3. The van der Waals surface area contributed by atoms with E-state index in [4.69, 9.17) is 40.9 Å². The van der Waals surface area contributed by atoms with Crippen LogP contribution in [0.2, 0.25) is 0 Å². The normalized spacial score (nSPS) is 45.6. The third-order valence-electron chi connectivity index (χ3n) is 6.19. The fourth-order valence-corrected chi connectivity index (χ4v) is 4.07. The Hall–Kier alpha value is -0.241. The van der Waals surface area contributed by atoms with Gasteiger partial charge in [-0.25, -0.2) is 0 Å². The first-order valence-electron chi connectivity index (χ1n) is 10.7. The Balaban J connectivity index is 0. The van der Waals surface area contributed by atoms with Gasteiger partial charge in [-0.2, -0.15) is 0 Å². The van der Waals surface area contributed by atoms with E-state index in [1.807, 2.05) is 0 Å². The topological polar surface area (TPSA) is 376 Å². The minimum atomic E-state index is -1.57. The molecule has 19 nitrogen and oxygen atoms in total. The van der Waals surface area contributed by atoms with E-state index in [1.54, 1.807) is 0 Å². The van der Waals surface area contributed by atoms with Gasteiger partial charge in [-0.1, -0.05) is 6.61 Å². The Morgan fingerprint density at radius 2 is 1.11 bits per heavy atom. The third-order valence-corrected chi connectivity index (χ3v) is 6.19. The maximum absolute atomic E-state index is 10.8. The molecule has 0 aliphatic carbocycles. The van der Waals surface area contributed by atoms with Crippen LogP contribution in [0.15, 0.2) is 0 Å². The van der Waals surface area contributed by atoms with Gasteiger partial charge in [-0.15, -0.1) is 6.10 Å². The van der Waals surface area contributed by atoms with E-state index in [9.17, 15) is 40.9 Å². The zero-order chi connectivity index (χ0) is 25.3. The second-order valence-electron chi connectivity index (χ2n) is 8.43. The summed E-state index contributed by atoms with van der Waals surface area (Å²) in [7, 11) is 0. The summed E-state index contributed by atoms with van der Waals surface area (Å²) in [5.41, 5.74) is 17.6. The van der Waals surface area contributed by atoms with Crippen LogP contribution in [0.5, 0.6) is 0 Å². The van der Waals surface area contributed by atoms with Gasteiger partial charge in [-0.05, 0) is 6.10 Å². The fourth-order valence-electron chi connectivity index (χ4n) is 4.07. The maximum Gasteiger partial charge on any atom is 4.00 e. The average molecular weight is 607 g/mol. The molecule has 0 aromatic rings. The minimum Gasteiger partial charge on any atom is -0.870 e. The molecule has 0 spiro atoms. The maximum atomic E-state index is 10.8. The molecule has 0 radical (unpaired) electrons.